The van der Waals surface area contributed by atoms with Gasteiger partial charge in [-0.25, -0.2) is 13.2 Å². The second-order valence-electron chi connectivity index (χ2n) is 7.15. The van der Waals surface area contributed by atoms with Crippen LogP contribution in [0.25, 0.3) is 5.65 Å². The van der Waals surface area contributed by atoms with Crippen molar-refractivity contribution in [2.75, 3.05) is 11.6 Å². The number of hydrogen-bond acceptors (Lipinski definition) is 8. The molecule has 0 unspecified atom stereocenters. The number of nitrogens with zero attached hydrogens (tertiary/aromatic N) is 4. The van der Waals surface area contributed by atoms with Crippen LogP contribution in [0.3, 0.4) is 0 Å². The minimum atomic E-state index is -3.63. The lowest BCUT2D eigenvalue weighted by atomic mass is 10.0. The van der Waals surface area contributed by atoms with Crippen LogP contribution in [0.1, 0.15) is 43.4 Å². The van der Waals surface area contributed by atoms with E-state index in [1.807, 2.05) is 26.8 Å². The molecular weight excluding hydrogens is 408 g/mol. The molecule has 0 spiro atoms. The lowest BCUT2D eigenvalue weighted by Crippen LogP contribution is -2.17. The summed E-state index contributed by atoms with van der Waals surface area (Å²) in [5.74, 6) is 0.671. The van der Waals surface area contributed by atoms with E-state index in [0.717, 1.165) is 29.4 Å². The highest BCUT2D eigenvalue weighted by molar-refractivity contribution is 7.90. The summed E-state index contributed by atoms with van der Waals surface area (Å²) >= 11 is 0. The third-order valence-electron chi connectivity index (χ3n) is 4.54. The van der Waals surface area contributed by atoms with Crippen molar-refractivity contribution in [3.05, 3.63) is 41.1 Å². The van der Waals surface area contributed by atoms with Crippen LogP contribution in [0, 0.1) is 0 Å². The first-order chi connectivity index (χ1) is 14.1. The van der Waals surface area contributed by atoms with Gasteiger partial charge in [0.15, 0.2) is 5.65 Å². The van der Waals surface area contributed by atoms with Gasteiger partial charge in [0.1, 0.15) is 5.75 Å². The largest absolute Gasteiger partial charge is 0.410 e. The summed E-state index contributed by atoms with van der Waals surface area (Å²) in [5, 5.41) is 7.18. The van der Waals surface area contributed by atoms with E-state index in [2.05, 4.69) is 20.4 Å². The Kier molecular flexibility index (Phi) is 5.92. The fourth-order valence-electron chi connectivity index (χ4n) is 3.03. The highest BCUT2D eigenvalue weighted by Gasteiger charge is 2.20. The standard InChI is InChI=1S/C19H24N6O4S/c1-5-12-6-7-14(29-17(20)26)8-13(12)9-21-18-24-19(30(4,27)28)23-16-15(11(2)3)10-22-25(16)18/h6-8,10-11H,5,9H2,1-4H3,(H2,20,26)(H,21,23,24). The number of primary amides is 1. The maximum Gasteiger partial charge on any atom is 0.409 e. The number of rotatable bonds is 7. The molecular formula is C19H24N6O4S. The van der Waals surface area contributed by atoms with Gasteiger partial charge in [0.2, 0.25) is 15.8 Å². The van der Waals surface area contributed by atoms with Crippen molar-refractivity contribution in [3.63, 3.8) is 0 Å². The molecule has 30 heavy (non-hydrogen) atoms. The molecule has 0 saturated carbocycles. The molecule has 0 atom stereocenters. The minimum absolute atomic E-state index is 0.104. The van der Waals surface area contributed by atoms with Crippen molar-refractivity contribution in [2.24, 2.45) is 5.73 Å². The smallest absolute Gasteiger partial charge is 0.409 e. The molecule has 11 heteroatoms. The number of sulfone groups is 1. The summed E-state index contributed by atoms with van der Waals surface area (Å²) in [7, 11) is -3.63. The Morgan fingerprint density at radius 1 is 1.27 bits per heavy atom. The summed E-state index contributed by atoms with van der Waals surface area (Å²) in [6.45, 7) is 6.25. The van der Waals surface area contributed by atoms with E-state index in [0.29, 0.717) is 17.9 Å². The van der Waals surface area contributed by atoms with Crippen LogP contribution in [0.15, 0.2) is 29.6 Å². The Bertz CT molecular complexity index is 1200. The Morgan fingerprint density at radius 3 is 2.60 bits per heavy atom. The topological polar surface area (TPSA) is 142 Å². The molecule has 0 aliphatic rings. The Hall–Kier alpha value is -3.21. The molecule has 160 valence electrons. The van der Waals surface area contributed by atoms with Crippen LogP contribution in [0.2, 0.25) is 0 Å². The second kappa shape index (κ2) is 8.27. The number of carbonyl (C=O) groups excluding carboxylic acids is 1. The Balaban J connectivity index is 2.03. The first-order valence-electron chi connectivity index (χ1n) is 9.38. The predicted octanol–water partition coefficient (Wildman–Crippen LogP) is 2.28. The average Bonchev–Trinajstić information content (AvgIpc) is 3.09. The third-order valence-corrected chi connectivity index (χ3v) is 5.39. The van der Waals surface area contributed by atoms with Crippen molar-refractivity contribution in [2.45, 2.75) is 44.8 Å². The van der Waals surface area contributed by atoms with Crippen molar-refractivity contribution >= 4 is 27.5 Å². The van der Waals surface area contributed by atoms with Crippen molar-refractivity contribution < 1.29 is 17.9 Å². The van der Waals surface area contributed by atoms with E-state index in [9.17, 15) is 13.2 Å². The highest BCUT2D eigenvalue weighted by atomic mass is 32.2. The molecule has 2 aromatic heterocycles. The number of hydrogen-bond donors (Lipinski definition) is 2. The number of aromatic nitrogens is 4. The molecule has 3 rings (SSSR count). The van der Waals surface area contributed by atoms with Gasteiger partial charge < -0.3 is 15.8 Å². The summed E-state index contributed by atoms with van der Waals surface area (Å²) in [6, 6.07) is 5.22. The molecule has 2 heterocycles. The number of amides is 1. The van der Waals surface area contributed by atoms with Crippen LogP contribution < -0.4 is 15.8 Å². The van der Waals surface area contributed by atoms with Gasteiger partial charge in [-0.15, -0.1) is 0 Å². The average molecular weight is 433 g/mol. The van der Waals surface area contributed by atoms with Crippen LogP contribution in [0.4, 0.5) is 10.7 Å². The number of ether oxygens (including phenoxy) is 1. The van der Waals surface area contributed by atoms with Gasteiger partial charge in [0.05, 0.1) is 6.20 Å². The maximum atomic E-state index is 12.1. The molecule has 0 radical (unpaired) electrons. The molecule has 0 fully saturated rings. The Morgan fingerprint density at radius 2 is 2.00 bits per heavy atom. The van der Waals surface area contributed by atoms with E-state index in [4.69, 9.17) is 10.5 Å². The highest BCUT2D eigenvalue weighted by Crippen LogP contribution is 2.23. The number of fused-ring (bicyclic) bond motifs is 1. The van der Waals surface area contributed by atoms with Crippen LogP contribution in [-0.4, -0.2) is 40.3 Å². The zero-order valence-electron chi connectivity index (χ0n) is 17.2. The zero-order valence-corrected chi connectivity index (χ0v) is 18.0. The van der Waals surface area contributed by atoms with E-state index in [-0.39, 0.29) is 17.0 Å². The number of aryl methyl sites for hydroxylation is 1. The summed E-state index contributed by atoms with van der Waals surface area (Å²) in [4.78, 5) is 19.4. The summed E-state index contributed by atoms with van der Waals surface area (Å²) in [5.41, 5.74) is 8.22. The van der Waals surface area contributed by atoms with Crippen LogP contribution >= 0.6 is 0 Å². The number of nitrogens with one attached hydrogen (secondary N) is 1. The van der Waals surface area contributed by atoms with Gasteiger partial charge in [-0.1, -0.05) is 26.8 Å². The van der Waals surface area contributed by atoms with Gasteiger partial charge in [-0.2, -0.15) is 19.6 Å². The fourth-order valence-corrected chi connectivity index (χ4v) is 3.53. The molecule has 0 bridgehead atoms. The van der Waals surface area contributed by atoms with Gasteiger partial charge in [-0.05, 0) is 35.6 Å². The number of carbonyl (C=O) groups is 1. The maximum absolute atomic E-state index is 12.1. The minimum Gasteiger partial charge on any atom is -0.410 e. The van der Waals surface area contributed by atoms with E-state index < -0.39 is 15.9 Å². The van der Waals surface area contributed by atoms with Gasteiger partial charge >= 0.3 is 6.09 Å². The molecule has 0 aliphatic heterocycles. The van der Waals surface area contributed by atoms with E-state index in [1.165, 1.54) is 4.52 Å². The van der Waals surface area contributed by atoms with Gasteiger partial charge in [0, 0.05) is 18.4 Å². The normalized spacial score (nSPS) is 11.8. The van der Waals surface area contributed by atoms with Gasteiger partial charge in [0.25, 0.3) is 5.16 Å². The second-order valence-corrected chi connectivity index (χ2v) is 9.06. The number of benzene rings is 1. The predicted molar refractivity (Wildman–Crippen MR) is 111 cm³/mol. The lowest BCUT2D eigenvalue weighted by molar-refractivity contribution is 0.211. The first-order valence-corrected chi connectivity index (χ1v) is 11.3. The molecule has 10 nitrogen and oxygen atoms in total. The fraction of sp³-hybridized carbons (Fsp3) is 0.368. The van der Waals surface area contributed by atoms with Crippen molar-refractivity contribution in [1.82, 2.24) is 19.6 Å². The van der Waals surface area contributed by atoms with E-state index in [1.54, 1.807) is 18.3 Å². The molecule has 3 aromatic rings. The van der Waals surface area contributed by atoms with Crippen LogP contribution in [-0.2, 0) is 22.8 Å². The van der Waals surface area contributed by atoms with Crippen LogP contribution in [0.5, 0.6) is 5.75 Å². The zero-order chi connectivity index (χ0) is 22.1. The molecule has 1 amide bonds. The molecule has 0 saturated heterocycles. The SMILES string of the molecule is CCc1ccc(OC(N)=O)cc1CNc1nc(S(C)(=O)=O)nc2c(C(C)C)cnn12. The summed E-state index contributed by atoms with van der Waals surface area (Å²) in [6.07, 6.45) is 2.57. The molecule has 1 aromatic carbocycles. The van der Waals surface area contributed by atoms with Gasteiger partial charge in [-0.3, -0.25) is 0 Å². The number of anilines is 1. The first kappa shape index (κ1) is 21.5. The number of nitrogens with two attached hydrogens (primary N) is 1. The molecule has 3 N–H and O–H groups in total. The van der Waals surface area contributed by atoms with Crippen molar-refractivity contribution in [1.29, 1.82) is 0 Å². The molecule has 0 aliphatic carbocycles. The third kappa shape index (κ3) is 4.51. The lowest BCUT2D eigenvalue weighted by Gasteiger charge is -2.13. The quantitative estimate of drug-likeness (QED) is 0.579. The monoisotopic (exact) mass is 432 g/mol. The van der Waals surface area contributed by atoms with Crippen molar-refractivity contribution in [3.8, 4) is 5.75 Å². The summed E-state index contributed by atoms with van der Waals surface area (Å²) < 4.78 is 30.7. The van der Waals surface area contributed by atoms with E-state index >= 15 is 0 Å². The Labute approximate surface area is 174 Å².